The van der Waals surface area contributed by atoms with E-state index in [2.05, 4.69) is 5.32 Å². The Balaban J connectivity index is 1.94. The van der Waals surface area contributed by atoms with Crippen molar-refractivity contribution in [2.45, 2.75) is 13.0 Å². The van der Waals surface area contributed by atoms with Crippen molar-refractivity contribution in [1.82, 2.24) is 0 Å². The number of rotatable bonds is 5. The van der Waals surface area contributed by atoms with Crippen molar-refractivity contribution < 1.29 is 14.6 Å². The molecule has 0 aliphatic rings. The van der Waals surface area contributed by atoms with Gasteiger partial charge in [0.05, 0.1) is 0 Å². The number of benzene rings is 2. The number of hydrogen-bond donors (Lipinski definition) is 2. The summed E-state index contributed by atoms with van der Waals surface area (Å²) in [7, 11) is 0. The van der Waals surface area contributed by atoms with Crippen molar-refractivity contribution in [2.24, 2.45) is 0 Å². The summed E-state index contributed by atoms with van der Waals surface area (Å²) in [5.74, 6) is 0.480. The third kappa shape index (κ3) is 4.48. The molecule has 2 rings (SSSR count). The summed E-state index contributed by atoms with van der Waals surface area (Å²) in [6.45, 7) is 1.55. The lowest BCUT2D eigenvalue weighted by atomic mass is 10.1. The fourth-order valence-electron chi connectivity index (χ4n) is 1.85. The Labute approximate surface area is 128 Å². The normalized spacial score (nSPS) is 11.8. The fourth-order valence-corrected chi connectivity index (χ4v) is 2.11. The van der Waals surface area contributed by atoms with Crippen LogP contribution in [0.25, 0.3) is 0 Å². The van der Waals surface area contributed by atoms with Crippen LogP contribution in [0.2, 0.25) is 5.02 Å². The van der Waals surface area contributed by atoms with Crippen molar-refractivity contribution in [3.63, 3.8) is 0 Å². The largest absolute Gasteiger partial charge is 0.491 e. The second-order valence-electron chi connectivity index (χ2n) is 4.55. The number of carbonyl (C=O) groups is 1. The Morgan fingerprint density at radius 1 is 1.24 bits per heavy atom. The second-order valence-corrected chi connectivity index (χ2v) is 4.96. The molecule has 0 aromatic heterocycles. The minimum Gasteiger partial charge on any atom is -0.491 e. The lowest BCUT2D eigenvalue weighted by Gasteiger charge is -2.14. The molecule has 5 heteroatoms. The molecule has 0 saturated heterocycles. The molecule has 21 heavy (non-hydrogen) atoms. The third-order valence-electron chi connectivity index (χ3n) is 2.85. The monoisotopic (exact) mass is 305 g/mol. The summed E-state index contributed by atoms with van der Waals surface area (Å²) in [5.41, 5.74) is 1.33. The van der Waals surface area contributed by atoms with E-state index in [1.807, 2.05) is 6.07 Å². The number of halogens is 1. The summed E-state index contributed by atoms with van der Waals surface area (Å²) in [5, 5.41) is 13.2. The molecule has 0 radical (unpaired) electrons. The first-order valence-corrected chi connectivity index (χ1v) is 6.87. The second kappa shape index (κ2) is 7.11. The Morgan fingerprint density at radius 3 is 2.52 bits per heavy atom. The smallest absolute Gasteiger partial charge is 0.221 e. The van der Waals surface area contributed by atoms with Gasteiger partial charge in [-0.3, -0.25) is 4.79 Å². The summed E-state index contributed by atoms with van der Waals surface area (Å²) in [6, 6.07) is 14.0. The van der Waals surface area contributed by atoms with Gasteiger partial charge in [0.2, 0.25) is 5.91 Å². The van der Waals surface area contributed by atoms with Crippen LogP contribution < -0.4 is 10.1 Å². The van der Waals surface area contributed by atoms with E-state index in [4.69, 9.17) is 16.3 Å². The predicted octanol–water partition coefficient (Wildman–Crippen LogP) is 3.41. The van der Waals surface area contributed by atoms with Crippen LogP contribution in [0.1, 0.15) is 18.6 Å². The van der Waals surface area contributed by atoms with Gasteiger partial charge in [-0.2, -0.15) is 0 Å². The topological polar surface area (TPSA) is 58.6 Å². The van der Waals surface area contributed by atoms with Gasteiger partial charge in [-0.15, -0.1) is 0 Å². The van der Waals surface area contributed by atoms with E-state index in [9.17, 15) is 9.90 Å². The van der Waals surface area contributed by atoms with Gasteiger partial charge in [-0.05, 0) is 30.3 Å². The first kappa shape index (κ1) is 15.4. The number of nitrogens with one attached hydrogen (secondary N) is 1. The molecule has 4 nitrogen and oxygen atoms in total. The van der Waals surface area contributed by atoms with Crippen LogP contribution in [0.15, 0.2) is 48.5 Å². The molecule has 110 valence electrons. The van der Waals surface area contributed by atoms with Crippen molar-refractivity contribution in [3.8, 4) is 5.75 Å². The molecular formula is C16H16ClNO3. The maximum atomic E-state index is 10.9. The summed E-state index contributed by atoms with van der Waals surface area (Å²) < 4.78 is 5.52. The Morgan fingerprint density at radius 2 is 1.90 bits per heavy atom. The predicted molar refractivity (Wildman–Crippen MR) is 82.7 cm³/mol. The molecule has 0 fully saturated rings. The Kier molecular flexibility index (Phi) is 5.20. The van der Waals surface area contributed by atoms with Gasteiger partial charge in [-0.1, -0.05) is 29.8 Å². The molecule has 1 unspecified atom stereocenters. The van der Waals surface area contributed by atoms with Gasteiger partial charge in [0.15, 0.2) is 0 Å². The molecule has 2 N–H and O–H groups in total. The number of ether oxygens (including phenoxy) is 1. The SMILES string of the molecule is CC(=O)Nc1ccc(OCC(O)c2ccccc2Cl)cc1. The van der Waals surface area contributed by atoms with E-state index in [-0.39, 0.29) is 12.5 Å². The van der Waals surface area contributed by atoms with Gasteiger partial charge in [-0.25, -0.2) is 0 Å². The van der Waals surface area contributed by atoms with Gasteiger partial charge in [0.25, 0.3) is 0 Å². The van der Waals surface area contributed by atoms with E-state index in [0.717, 1.165) is 0 Å². The molecule has 0 aliphatic carbocycles. The zero-order chi connectivity index (χ0) is 15.2. The summed E-state index contributed by atoms with van der Waals surface area (Å²) in [4.78, 5) is 10.9. The van der Waals surface area contributed by atoms with Gasteiger partial charge < -0.3 is 15.2 Å². The van der Waals surface area contributed by atoms with E-state index in [0.29, 0.717) is 22.0 Å². The maximum absolute atomic E-state index is 10.9. The number of hydrogen-bond acceptors (Lipinski definition) is 3. The lowest BCUT2D eigenvalue weighted by Crippen LogP contribution is -2.10. The van der Waals surface area contributed by atoms with E-state index in [1.54, 1.807) is 42.5 Å². The van der Waals surface area contributed by atoms with Crippen molar-refractivity contribution in [3.05, 3.63) is 59.1 Å². The highest BCUT2D eigenvalue weighted by Gasteiger charge is 2.11. The molecule has 0 saturated carbocycles. The number of aliphatic hydroxyl groups excluding tert-OH is 1. The van der Waals surface area contributed by atoms with Crippen LogP contribution in [0, 0.1) is 0 Å². The third-order valence-corrected chi connectivity index (χ3v) is 3.19. The molecule has 2 aromatic rings. The van der Waals surface area contributed by atoms with E-state index in [1.165, 1.54) is 6.92 Å². The molecule has 1 atom stereocenters. The zero-order valence-electron chi connectivity index (χ0n) is 11.5. The van der Waals surface area contributed by atoms with Crippen LogP contribution in [-0.2, 0) is 4.79 Å². The summed E-state index contributed by atoms with van der Waals surface area (Å²) >= 11 is 6.01. The maximum Gasteiger partial charge on any atom is 0.221 e. The first-order valence-electron chi connectivity index (χ1n) is 6.49. The number of anilines is 1. The van der Waals surface area contributed by atoms with Crippen LogP contribution in [-0.4, -0.2) is 17.6 Å². The average Bonchev–Trinajstić information content (AvgIpc) is 2.46. The van der Waals surface area contributed by atoms with E-state index >= 15 is 0 Å². The lowest BCUT2D eigenvalue weighted by molar-refractivity contribution is -0.114. The van der Waals surface area contributed by atoms with Crippen molar-refractivity contribution in [2.75, 3.05) is 11.9 Å². The first-order chi connectivity index (χ1) is 10.1. The number of aliphatic hydroxyl groups is 1. The van der Waals surface area contributed by atoms with Crippen molar-refractivity contribution >= 4 is 23.2 Å². The van der Waals surface area contributed by atoms with Crippen molar-refractivity contribution in [1.29, 1.82) is 0 Å². The van der Waals surface area contributed by atoms with E-state index < -0.39 is 6.10 Å². The highest BCUT2D eigenvalue weighted by molar-refractivity contribution is 6.31. The standard InChI is InChI=1S/C16H16ClNO3/c1-11(19)18-12-6-8-13(9-7-12)21-10-16(20)14-4-2-3-5-15(14)17/h2-9,16,20H,10H2,1H3,(H,18,19). The molecule has 0 heterocycles. The molecule has 0 bridgehead atoms. The zero-order valence-corrected chi connectivity index (χ0v) is 12.3. The molecule has 2 aromatic carbocycles. The molecule has 1 amide bonds. The molecule has 0 spiro atoms. The Bertz CT molecular complexity index is 613. The van der Waals surface area contributed by atoms with Crippen LogP contribution in [0.5, 0.6) is 5.75 Å². The Hall–Kier alpha value is -2.04. The number of carbonyl (C=O) groups excluding carboxylic acids is 1. The van der Waals surface area contributed by atoms with Crippen LogP contribution in [0.4, 0.5) is 5.69 Å². The molecular weight excluding hydrogens is 290 g/mol. The highest BCUT2D eigenvalue weighted by atomic mass is 35.5. The molecule has 0 aliphatic heterocycles. The van der Waals surface area contributed by atoms with Crippen LogP contribution in [0.3, 0.4) is 0 Å². The minimum atomic E-state index is -0.797. The quantitative estimate of drug-likeness (QED) is 0.890. The van der Waals surface area contributed by atoms with Gasteiger partial charge in [0.1, 0.15) is 18.5 Å². The van der Waals surface area contributed by atoms with Gasteiger partial charge in [0, 0.05) is 23.2 Å². The summed E-state index contributed by atoms with van der Waals surface area (Å²) in [6.07, 6.45) is -0.797. The van der Waals surface area contributed by atoms with Gasteiger partial charge >= 0.3 is 0 Å². The van der Waals surface area contributed by atoms with Crippen LogP contribution >= 0.6 is 11.6 Å². The average molecular weight is 306 g/mol. The number of amides is 1. The highest BCUT2D eigenvalue weighted by Crippen LogP contribution is 2.24. The fraction of sp³-hybridized carbons (Fsp3) is 0.188. The minimum absolute atomic E-state index is 0.100.